The number of rotatable bonds is 8. The van der Waals surface area contributed by atoms with E-state index in [1.807, 2.05) is 40.6 Å². The Hall–Kier alpha value is -2.49. The van der Waals surface area contributed by atoms with Gasteiger partial charge < -0.3 is 9.88 Å². The maximum Gasteiger partial charge on any atom is 0.231 e. The number of thiophene rings is 2. The number of benzene rings is 1. The molecule has 1 atom stereocenters. The van der Waals surface area contributed by atoms with E-state index >= 15 is 0 Å². The van der Waals surface area contributed by atoms with Crippen LogP contribution in [0.2, 0.25) is 0 Å². The van der Waals surface area contributed by atoms with E-state index in [0.29, 0.717) is 5.16 Å². The minimum absolute atomic E-state index is 0.120. The zero-order valence-electron chi connectivity index (χ0n) is 16.1. The number of halogens is 1. The third-order valence-corrected chi connectivity index (χ3v) is 7.34. The van der Waals surface area contributed by atoms with Gasteiger partial charge in [0.05, 0.1) is 11.8 Å². The molecular weight excluding hydrogens is 439 g/mol. The topological polar surface area (TPSA) is 59.8 Å². The van der Waals surface area contributed by atoms with Crippen molar-refractivity contribution in [1.82, 2.24) is 20.1 Å². The number of aromatic nitrogens is 3. The molecular formula is C21H19FN4OS3. The molecule has 0 spiro atoms. The summed E-state index contributed by atoms with van der Waals surface area (Å²) in [6, 6.07) is 13.9. The van der Waals surface area contributed by atoms with E-state index in [1.165, 1.54) is 28.8 Å². The molecule has 0 saturated carbocycles. The average Bonchev–Trinajstić information content (AvgIpc) is 3.50. The quantitative estimate of drug-likeness (QED) is 0.390. The van der Waals surface area contributed by atoms with Gasteiger partial charge in [-0.2, -0.15) is 0 Å². The summed E-state index contributed by atoms with van der Waals surface area (Å²) in [7, 11) is 1.91. The van der Waals surface area contributed by atoms with Crippen molar-refractivity contribution in [2.75, 3.05) is 5.75 Å². The van der Waals surface area contributed by atoms with E-state index in [1.54, 1.807) is 34.8 Å². The standard InChI is InChI=1S/C21H19FN4OS3/c1-26-18(12-16-4-2-10-28-16)24-25-21(26)30-13-19(27)23-20(17-5-3-11-29-17)14-6-8-15(22)9-7-14/h2-11,20H,12-13H2,1H3,(H,23,27)/t20-/m1/s1. The Kier molecular flexibility index (Phi) is 6.61. The summed E-state index contributed by atoms with van der Waals surface area (Å²) >= 11 is 4.59. The first-order valence-electron chi connectivity index (χ1n) is 9.22. The summed E-state index contributed by atoms with van der Waals surface area (Å²) in [4.78, 5) is 14.9. The number of nitrogens with one attached hydrogen (secondary N) is 1. The molecule has 154 valence electrons. The largest absolute Gasteiger partial charge is 0.344 e. The average molecular weight is 459 g/mol. The molecule has 4 aromatic rings. The lowest BCUT2D eigenvalue weighted by atomic mass is 10.1. The van der Waals surface area contributed by atoms with Crippen LogP contribution >= 0.6 is 34.4 Å². The molecule has 5 nitrogen and oxygen atoms in total. The molecule has 3 aromatic heterocycles. The van der Waals surface area contributed by atoms with Crippen molar-refractivity contribution >= 4 is 40.3 Å². The van der Waals surface area contributed by atoms with E-state index in [9.17, 15) is 9.18 Å². The minimum Gasteiger partial charge on any atom is -0.344 e. The van der Waals surface area contributed by atoms with E-state index < -0.39 is 0 Å². The third kappa shape index (κ3) is 4.97. The molecule has 0 aliphatic carbocycles. The first kappa shape index (κ1) is 20.8. The zero-order chi connectivity index (χ0) is 20.9. The number of carbonyl (C=O) groups is 1. The van der Waals surface area contributed by atoms with E-state index in [0.717, 1.165) is 22.7 Å². The number of hydrogen-bond donors (Lipinski definition) is 1. The second-order valence-electron chi connectivity index (χ2n) is 6.57. The molecule has 0 unspecified atom stereocenters. The Morgan fingerprint density at radius 3 is 2.60 bits per heavy atom. The van der Waals surface area contributed by atoms with Gasteiger partial charge >= 0.3 is 0 Å². The first-order chi connectivity index (χ1) is 14.6. The number of thioether (sulfide) groups is 1. The van der Waals surface area contributed by atoms with Crippen LogP contribution < -0.4 is 5.32 Å². The van der Waals surface area contributed by atoms with Crippen LogP contribution in [0.25, 0.3) is 0 Å². The summed E-state index contributed by atoms with van der Waals surface area (Å²) in [6.07, 6.45) is 0.721. The Labute approximate surface area is 186 Å². The third-order valence-electron chi connectivity index (χ3n) is 4.51. The highest BCUT2D eigenvalue weighted by molar-refractivity contribution is 7.99. The van der Waals surface area contributed by atoms with Gasteiger partial charge in [0.1, 0.15) is 11.6 Å². The van der Waals surface area contributed by atoms with Crippen LogP contribution in [0.15, 0.2) is 64.4 Å². The number of carbonyl (C=O) groups excluding carboxylic acids is 1. The maximum atomic E-state index is 13.3. The highest BCUT2D eigenvalue weighted by Gasteiger charge is 2.19. The fourth-order valence-corrected chi connectivity index (χ4v) is 5.20. The van der Waals surface area contributed by atoms with Gasteiger partial charge in [0.2, 0.25) is 5.91 Å². The summed E-state index contributed by atoms with van der Waals surface area (Å²) in [5.41, 5.74) is 0.842. The molecule has 1 aromatic carbocycles. The SMILES string of the molecule is Cn1c(Cc2cccs2)nnc1SCC(=O)N[C@H](c1ccc(F)cc1)c1cccs1. The van der Waals surface area contributed by atoms with Gasteiger partial charge in [-0.25, -0.2) is 4.39 Å². The van der Waals surface area contributed by atoms with E-state index in [2.05, 4.69) is 21.6 Å². The van der Waals surface area contributed by atoms with Gasteiger partial charge in [-0.05, 0) is 40.6 Å². The Morgan fingerprint density at radius 2 is 1.90 bits per heavy atom. The van der Waals surface area contributed by atoms with E-state index in [-0.39, 0.29) is 23.5 Å². The summed E-state index contributed by atoms with van der Waals surface area (Å²) < 4.78 is 15.2. The summed E-state index contributed by atoms with van der Waals surface area (Å²) in [5, 5.41) is 16.2. The fourth-order valence-electron chi connectivity index (χ4n) is 2.96. The van der Waals surface area contributed by atoms with Gasteiger partial charge in [0, 0.05) is 23.2 Å². The molecule has 30 heavy (non-hydrogen) atoms. The van der Waals surface area contributed by atoms with Crippen LogP contribution in [0.3, 0.4) is 0 Å². The Balaban J connectivity index is 1.41. The van der Waals surface area contributed by atoms with Gasteiger partial charge in [-0.3, -0.25) is 4.79 Å². The number of nitrogens with zero attached hydrogens (tertiary/aromatic N) is 3. The monoisotopic (exact) mass is 458 g/mol. The van der Waals surface area contributed by atoms with Gasteiger partial charge in [-0.15, -0.1) is 32.9 Å². The van der Waals surface area contributed by atoms with Crippen molar-refractivity contribution in [3.05, 3.63) is 86.3 Å². The number of amides is 1. The minimum atomic E-state index is -0.312. The smallest absolute Gasteiger partial charge is 0.231 e. The Bertz CT molecular complexity index is 1090. The van der Waals surface area contributed by atoms with E-state index in [4.69, 9.17) is 0 Å². The lowest BCUT2D eigenvalue weighted by Crippen LogP contribution is -2.30. The second-order valence-corrected chi connectivity index (χ2v) is 9.52. The highest BCUT2D eigenvalue weighted by atomic mass is 32.2. The molecule has 0 aliphatic rings. The molecule has 3 heterocycles. The maximum absolute atomic E-state index is 13.3. The number of hydrogen-bond acceptors (Lipinski definition) is 6. The Morgan fingerprint density at radius 1 is 1.13 bits per heavy atom. The predicted octanol–water partition coefficient (Wildman–Crippen LogP) is 4.67. The summed E-state index contributed by atoms with van der Waals surface area (Å²) in [6.45, 7) is 0. The lowest BCUT2D eigenvalue weighted by molar-refractivity contribution is -0.119. The van der Waals surface area contributed by atoms with Crippen LogP contribution in [-0.2, 0) is 18.3 Å². The molecule has 1 N–H and O–H groups in total. The molecule has 0 fully saturated rings. The highest BCUT2D eigenvalue weighted by Crippen LogP contribution is 2.27. The van der Waals surface area contributed by atoms with Crippen LogP contribution in [-0.4, -0.2) is 26.4 Å². The van der Waals surface area contributed by atoms with Crippen LogP contribution in [0.5, 0.6) is 0 Å². The molecule has 0 saturated heterocycles. The molecule has 4 rings (SSSR count). The van der Waals surface area contributed by atoms with Crippen molar-refractivity contribution in [3.63, 3.8) is 0 Å². The molecule has 0 aliphatic heterocycles. The second kappa shape index (κ2) is 9.55. The van der Waals surface area contributed by atoms with Crippen molar-refractivity contribution in [1.29, 1.82) is 0 Å². The predicted molar refractivity (Wildman–Crippen MR) is 120 cm³/mol. The van der Waals surface area contributed by atoms with Gasteiger partial charge in [0.15, 0.2) is 5.16 Å². The van der Waals surface area contributed by atoms with Crippen molar-refractivity contribution < 1.29 is 9.18 Å². The van der Waals surface area contributed by atoms with Crippen molar-refractivity contribution in [3.8, 4) is 0 Å². The van der Waals surface area contributed by atoms with Crippen molar-refractivity contribution in [2.45, 2.75) is 17.6 Å². The van der Waals surface area contributed by atoms with Crippen molar-refractivity contribution in [2.24, 2.45) is 7.05 Å². The first-order valence-corrected chi connectivity index (χ1v) is 12.0. The summed E-state index contributed by atoms with van der Waals surface area (Å²) in [5.74, 6) is 0.661. The van der Waals surface area contributed by atoms with Crippen LogP contribution in [0.4, 0.5) is 4.39 Å². The fraction of sp³-hybridized carbons (Fsp3) is 0.190. The van der Waals surface area contributed by atoms with Gasteiger partial charge in [0.25, 0.3) is 0 Å². The lowest BCUT2D eigenvalue weighted by Gasteiger charge is -2.18. The molecule has 9 heteroatoms. The van der Waals surface area contributed by atoms with Crippen LogP contribution in [0, 0.1) is 5.82 Å². The van der Waals surface area contributed by atoms with Crippen LogP contribution in [0.1, 0.15) is 27.2 Å². The molecule has 0 radical (unpaired) electrons. The molecule has 1 amide bonds. The zero-order valence-corrected chi connectivity index (χ0v) is 18.6. The molecule has 0 bridgehead atoms. The normalized spacial score (nSPS) is 12.1. The van der Waals surface area contributed by atoms with Gasteiger partial charge in [-0.1, -0.05) is 36.0 Å².